The van der Waals surface area contributed by atoms with Gasteiger partial charge < -0.3 is 5.73 Å². The van der Waals surface area contributed by atoms with Crippen LogP contribution in [-0.2, 0) is 6.42 Å². The monoisotopic (exact) mass is 197 g/mol. The predicted octanol–water partition coefficient (Wildman–Crippen LogP) is 0.896. The second kappa shape index (κ2) is 4.50. The Morgan fingerprint density at radius 3 is 2.71 bits per heavy atom. The molecule has 0 aliphatic rings. The SMILES string of the molecule is CCC(C)(C)CC(N)Cc1nn[nH]n1. The van der Waals surface area contributed by atoms with E-state index in [9.17, 15) is 0 Å². The molecule has 3 N–H and O–H groups in total. The second-order valence-electron chi connectivity index (χ2n) is 4.51. The molecule has 0 saturated heterocycles. The van der Waals surface area contributed by atoms with Gasteiger partial charge in [0, 0.05) is 12.5 Å². The maximum atomic E-state index is 6.00. The zero-order chi connectivity index (χ0) is 10.6. The Bertz CT molecular complexity index is 254. The van der Waals surface area contributed by atoms with Crippen LogP contribution in [0.5, 0.6) is 0 Å². The van der Waals surface area contributed by atoms with E-state index in [4.69, 9.17) is 5.73 Å². The van der Waals surface area contributed by atoms with Gasteiger partial charge in [0.05, 0.1) is 0 Å². The van der Waals surface area contributed by atoms with Gasteiger partial charge in [-0.05, 0) is 11.8 Å². The van der Waals surface area contributed by atoms with E-state index in [0.717, 1.165) is 12.8 Å². The van der Waals surface area contributed by atoms with Gasteiger partial charge in [-0.15, -0.1) is 10.2 Å². The van der Waals surface area contributed by atoms with Crippen LogP contribution >= 0.6 is 0 Å². The molecule has 1 unspecified atom stereocenters. The van der Waals surface area contributed by atoms with E-state index in [-0.39, 0.29) is 6.04 Å². The van der Waals surface area contributed by atoms with E-state index < -0.39 is 0 Å². The maximum absolute atomic E-state index is 6.00. The minimum atomic E-state index is 0.113. The van der Waals surface area contributed by atoms with Crippen LogP contribution in [0.2, 0.25) is 0 Å². The van der Waals surface area contributed by atoms with Gasteiger partial charge in [0.25, 0.3) is 0 Å². The van der Waals surface area contributed by atoms with Crippen molar-refractivity contribution in [2.24, 2.45) is 11.1 Å². The van der Waals surface area contributed by atoms with E-state index in [1.807, 2.05) is 0 Å². The van der Waals surface area contributed by atoms with Crippen LogP contribution in [0.4, 0.5) is 0 Å². The van der Waals surface area contributed by atoms with Gasteiger partial charge in [0.2, 0.25) is 0 Å². The number of nitrogens with one attached hydrogen (secondary N) is 1. The zero-order valence-electron chi connectivity index (χ0n) is 9.12. The Morgan fingerprint density at radius 2 is 2.21 bits per heavy atom. The van der Waals surface area contributed by atoms with Crippen molar-refractivity contribution >= 4 is 0 Å². The first kappa shape index (κ1) is 11.1. The van der Waals surface area contributed by atoms with Gasteiger partial charge >= 0.3 is 0 Å². The van der Waals surface area contributed by atoms with Crippen molar-refractivity contribution in [1.29, 1.82) is 0 Å². The minimum absolute atomic E-state index is 0.113. The van der Waals surface area contributed by atoms with Crippen molar-refractivity contribution in [3.05, 3.63) is 5.82 Å². The number of hydrogen-bond acceptors (Lipinski definition) is 4. The Balaban J connectivity index is 2.40. The Labute approximate surface area is 84.5 Å². The number of hydrogen-bond donors (Lipinski definition) is 2. The third-order valence-electron chi connectivity index (χ3n) is 2.61. The Hall–Kier alpha value is -0.970. The van der Waals surface area contributed by atoms with Crippen molar-refractivity contribution in [3.8, 4) is 0 Å². The van der Waals surface area contributed by atoms with Crippen LogP contribution < -0.4 is 5.73 Å². The van der Waals surface area contributed by atoms with Gasteiger partial charge in [-0.2, -0.15) is 5.21 Å². The molecule has 0 fully saturated rings. The fourth-order valence-corrected chi connectivity index (χ4v) is 1.43. The number of nitrogens with zero attached hydrogens (tertiary/aromatic N) is 3. The molecule has 0 aliphatic heterocycles. The predicted molar refractivity (Wildman–Crippen MR) is 54.5 cm³/mol. The lowest BCUT2D eigenvalue weighted by molar-refractivity contribution is 0.291. The zero-order valence-corrected chi connectivity index (χ0v) is 9.12. The van der Waals surface area contributed by atoms with Gasteiger partial charge in [-0.25, -0.2) is 0 Å². The molecule has 0 aromatic carbocycles. The molecular weight excluding hydrogens is 178 g/mol. The average Bonchev–Trinajstić information content (AvgIpc) is 2.55. The average molecular weight is 197 g/mol. The lowest BCUT2D eigenvalue weighted by Crippen LogP contribution is -2.30. The molecule has 0 amide bonds. The largest absolute Gasteiger partial charge is 0.327 e. The number of rotatable bonds is 5. The van der Waals surface area contributed by atoms with Crippen molar-refractivity contribution in [1.82, 2.24) is 20.6 Å². The van der Waals surface area contributed by atoms with Gasteiger partial charge in [-0.3, -0.25) is 0 Å². The Kier molecular flexibility index (Phi) is 3.57. The lowest BCUT2D eigenvalue weighted by Gasteiger charge is -2.25. The van der Waals surface area contributed by atoms with Crippen LogP contribution in [-0.4, -0.2) is 26.7 Å². The van der Waals surface area contributed by atoms with E-state index >= 15 is 0 Å². The molecule has 5 heteroatoms. The summed E-state index contributed by atoms with van der Waals surface area (Å²) in [7, 11) is 0. The molecule has 0 bridgehead atoms. The molecule has 0 radical (unpaired) electrons. The van der Waals surface area contributed by atoms with Gasteiger partial charge in [0.15, 0.2) is 5.82 Å². The number of nitrogens with two attached hydrogens (primary N) is 1. The van der Waals surface area contributed by atoms with Gasteiger partial charge in [-0.1, -0.05) is 32.4 Å². The van der Waals surface area contributed by atoms with E-state index in [1.54, 1.807) is 0 Å². The molecule has 80 valence electrons. The molecule has 0 saturated carbocycles. The quantitative estimate of drug-likeness (QED) is 0.734. The van der Waals surface area contributed by atoms with Crippen LogP contribution in [0.15, 0.2) is 0 Å². The van der Waals surface area contributed by atoms with E-state index in [2.05, 4.69) is 41.4 Å². The standard InChI is InChI=1S/C9H19N5/c1-4-9(2,3)6-7(10)5-8-11-13-14-12-8/h7H,4-6,10H2,1-3H3,(H,11,12,13,14). The van der Waals surface area contributed by atoms with E-state index in [0.29, 0.717) is 17.7 Å². The van der Waals surface area contributed by atoms with Crippen LogP contribution in [0.25, 0.3) is 0 Å². The molecule has 1 aromatic rings. The molecular formula is C9H19N5. The summed E-state index contributed by atoms with van der Waals surface area (Å²) in [6.07, 6.45) is 2.81. The number of aromatic nitrogens is 4. The van der Waals surface area contributed by atoms with Crippen LogP contribution in [0.1, 0.15) is 39.4 Å². The van der Waals surface area contributed by atoms with E-state index in [1.165, 1.54) is 0 Å². The first-order valence-corrected chi connectivity index (χ1v) is 5.01. The van der Waals surface area contributed by atoms with Crippen molar-refractivity contribution in [3.63, 3.8) is 0 Å². The molecule has 0 aliphatic carbocycles. The fourth-order valence-electron chi connectivity index (χ4n) is 1.43. The molecule has 5 nitrogen and oxygen atoms in total. The molecule has 1 heterocycles. The molecule has 1 atom stereocenters. The molecule has 1 rings (SSSR count). The van der Waals surface area contributed by atoms with Crippen molar-refractivity contribution in [2.45, 2.75) is 46.1 Å². The van der Waals surface area contributed by atoms with Crippen molar-refractivity contribution < 1.29 is 0 Å². The normalized spacial score (nSPS) is 14.3. The second-order valence-corrected chi connectivity index (χ2v) is 4.51. The highest BCUT2D eigenvalue weighted by Gasteiger charge is 2.20. The fraction of sp³-hybridized carbons (Fsp3) is 0.889. The van der Waals surface area contributed by atoms with Gasteiger partial charge in [0.1, 0.15) is 0 Å². The summed E-state index contributed by atoms with van der Waals surface area (Å²) in [5.41, 5.74) is 6.30. The molecule has 14 heavy (non-hydrogen) atoms. The maximum Gasteiger partial charge on any atom is 0.176 e. The summed E-state index contributed by atoms with van der Waals surface area (Å²) in [6.45, 7) is 6.63. The summed E-state index contributed by atoms with van der Waals surface area (Å²) in [5, 5.41) is 13.7. The number of tetrazole rings is 1. The Morgan fingerprint density at radius 1 is 1.50 bits per heavy atom. The van der Waals surface area contributed by atoms with Crippen LogP contribution in [0.3, 0.4) is 0 Å². The summed E-state index contributed by atoms with van der Waals surface area (Å²) in [6, 6.07) is 0.113. The number of aromatic amines is 1. The number of H-pyrrole nitrogens is 1. The highest BCUT2D eigenvalue weighted by atomic mass is 15.5. The third kappa shape index (κ3) is 3.41. The third-order valence-corrected chi connectivity index (χ3v) is 2.61. The topological polar surface area (TPSA) is 80.5 Å². The molecule has 1 aromatic heterocycles. The molecule has 0 spiro atoms. The highest BCUT2D eigenvalue weighted by molar-refractivity contribution is 4.85. The first-order valence-electron chi connectivity index (χ1n) is 5.01. The summed E-state index contributed by atoms with van der Waals surface area (Å²) < 4.78 is 0. The van der Waals surface area contributed by atoms with Crippen LogP contribution in [0, 0.1) is 5.41 Å². The van der Waals surface area contributed by atoms with Crippen molar-refractivity contribution in [2.75, 3.05) is 0 Å². The first-order chi connectivity index (χ1) is 6.53. The summed E-state index contributed by atoms with van der Waals surface area (Å²) >= 11 is 0. The summed E-state index contributed by atoms with van der Waals surface area (Å²) in [4.78, 5) is 0. The highest BCUT2D eigenvalue weighted by Crippen LogP contribution is 2.26. The lowest BCUT2D eigenvalue weighted by atomic mass is 9.83. The smallest absolute Gasteiger partial charge is 0.176 e. The summed E-state index contributed by atoms with van der Waals surface area (Å²) in [5.74, 6) is 0.699. The minimum Gasteiger partial charge on any atom is -0.327 e.